The van der Waals surface area contributed by atoms with Gasteiger partial charge in [0.15, 0.2) is 0 Å². The van der Waals surface area contributed by atoms with Gasteiger partial charge in [0, 0.05) is 17.8 Å². The summed E-state index contributed by atoms with van der Waals surface area (Å²) < 4.78 is 11.1. The molecule has 82 valence electrons. The molecule has 1 aliphatic carbocycles. The zero-order valence-electron chi connectivity index (χ0n) is 8.75. The van der Waals surface area contributed by atoms with E-state index in [-0.39, 0.29) is 0 Å². The van der Waals surface area contributed by atoms with Crippen LogP contribution in [0.25, 0.3) is 0 Å². The van der Waals surface area contributed by atoms with E-state index in [0.717, 1.165) is 26.1 Å². The first-order valence-corrected chi connectivity index (χ1v) is 6.52. The van der Waals surface area contributed by atoms with Gasteiger partial charge in [-0.2, -0.15) is 11.8 Å². The predicted octanol–water partition coefficient (Wildman–Crippen LogP) is 1.23. The van der Waals surface area contributed by atoms with Crippen LogP contribution < -0.4 is 5.32 Å². The van der Waals surface area contributed by atoms with Crippen LogP contribution in [0.15, 0.2) is 0 Å². The Kier molecular flexibility index (Phi) is 3.71. The summed E-state index contributed by atoms with van der Waals surface area (Å²) in [6.45, 7) is 3.43. The molecular weight excluding hydrogens is 198 g/mol. The van der Waals surface area contributed by atoms with E-state index >= 15 is 0 Å². The van der Waals surface area contributed by atoms with E-state index in [4.69, 9.17) is 9.47 Å². The molecule has 1 saturated carbocycles. The molecule has 14 heavy (non-hydrogen) atoms. The summed E-state index contributed by atoms with van der Waals surface area (Å²) >= 11 is 2.00. The summed E-state index contributed by atoms with van der Waals surface area (Å²) in [4.78, 5) is 0. The summed E-state index contributed by atoms with van der Waals surface area (Å²) in [6, 6.07) is 0. The molecule has 2 aliphatic rings. The molecule has 0 amide bonds. The van der Waals surface area contributed by atoms with E-state index in [9.17, 15) is 0 Å². The van der Waals surface area contributed by atoms with Crippen LogP contribution in [0.5, 0.6) is 0 Å². The number of rotatable bonds is 5. The minimum absolute atomic E-state index is 0.362. The van der Waals surface area contributed by atoms with Crippen LogP contribution in [0.3, 0.4) is 0 Å². The lowest BCUT2D eigenvalue weighted by molar-refractivity contribution is -0.137. The first-order valence-electron chi connectivity index (χ1n) is 5.30. The van der Waals surface area contributed by atoms with E-state index in [0.29, 0.717) is 17.6 Å². The van der Waals surface area contributed by atoms with Crippen LogP contribution in [-0.2, 0) is 9.47 Å². The maximum absolute atomic E-state index is 5.46. The van der Waals surface area contributed by atoms with Crippen molar-refractivity contribution < 1.29 is 9.47 Å². The molecule has 4 heteroatoms. The summed E-state index contributed by atoms with van der Waals surface area (Å²) in [5.74, 6) is 0. The third-order valence-corrected chi connectivity index (χ3v) is 4.45. The molecule has 0 radical (unpaired) electrons. The van der Waals surface area contributed by atoms with Crippen molar-refractivity contribution in [2.75, 3.05) is 32.7 Å². The molecule has 1 aliphatic heterocycles. The number of ether oxygens (including phenoxy) is 2. The molecule has 1 unspecified atom stereocenters. The van der Waals surface area contributed by atoms with Crippen molar-refractivity contribution in [3.05, 3.63) is 0 Å². The Hall–Kier alpha value is 0.230. The molecule has 2 fully saturated rings. The van der Waals surface area contributed by atoms with Crippen molar-refractivity contribution in [1.82, 2.24) is 5.32 Å². The smallest absolute Gasteiger partial charge is 0.147 e. The van der Waals surface area contributed by atoms with Crippen molar-refractivity contribution in [1.29, 1.82) is 0 Å². The first kappa shape index (κ1) is 10.7. The second kappa shape index (κ2) is 4.84. The second-order valence-electron chi connectivity index (χ2n) is 4.12. The van der Waals surface area contributed by atoms with Crippen molar-refractivity contribution in [3.8, 4) is 0 Å². The summed E-state index contributed by atoms with van der Waals surface area (Å²) in [5, 5.41) is 3.51. The molecule has 1 heterocycles. The lowest BCUT2D eigenvalue weighted by Gasteiger charge is -2.24. The Balaban J connectivity index is 1.58. The molecular formula is C10H19NO2S. The summed E-state index contributed by atoms with van der Waals surface area (Å²) in [5.41, 5.74) is 0. The highest BCUT2D eigenvalue weighted by Gasteiger charge is 2.41. The highest BCUT2D eigenvalue weighted by Crippen LogP contribution is 2.46. The molecule has 2 rings (SSSR count). The summed E-state index contributed by atoms with van der Waals surface area (Å²) in [6.07, 6.45) is 6.34. The van der Waals surface area contributed by atoms with Gasteiger partial charge in [0.05, 0.1) is 12.7 Å². The normalized spacial score (nSPS) is 30.2. The Morgan fingerprint density at radius 2 is 2.36 bits per heavy atom. The Morgan fingerprint density at radius 1 is 1.50 bits per heavy atom. The van der Waals surface area contributed by atoms with E-state index in [1.54, 1.807) is 0 Å². The minimum Gasteiger partial charge on any atom is -0.355 e. The number of nitrogens with one attached hydrogen (secondary N) is 1. The van der Waals surface area contributed by atoms with Crippen molar-refractivity contribution in [3.63, 3.8) is 0 Å². The minimum atomic E-state index is 0.362. The van der Waals surface area contributed by atoms with Crippen molar-refractivity contribution >= 4 is 11.8 Å². The molecule has 0 aromatic carbocycles. The third kappa shape index (κ3) is 2.86. The Bertz CT molecular complexity index is 179. The highest BCUT2D eigenvalue weighted by molar-refractivity contribution is 8.00. The molecule has 0 spiro atoms. The van der Waals surface area contributed by atoms with Gasteiger partial charge >= 0.3 is 0 Å². The monoisotopic (exact) mass is 217 g/mol. The van der Waals surface area contributed by atoms with Gasteiger partial charge in [0.2, 0.25) is 0 Å². The third-order valence-electron chi connectivity index (χ3n) is 3.03. The number of hydrogen-bond acceptors (Lipinski definition) is 4. The van der Waals surface area contributed by atoms with Crippen LogP contribution >= 0.6 is 11.8 Å². The lowest BCUT2D eigenvalue weighted by atomic mass is 10.2. The highest BCUT2D eigenvalue weighted by atomic mass is 32.2. The van der Waals surface area contributed by atoms with Gasteiger partial charge in [0.1, 0.15) is 6.79 Å². The zero-order chi connectivity index (χ0) is 9.86. The first-order chi connectivity index (χ1) is 6.85. The SMILES string of the molecule is CSC1(CNCC2CCOCO2)CC1. The van der Waals surface area contributed by atoms with E-state index in [1.807, 2.05) is 11.8 Å². The van der Waals surface area contributed by atoms with E-state index < -0.39 is 0 Å². The van der Waals surface area contributed by atoms with Gasteiger partial charge in [-0.3, -0.25) is 0 Å². The quantitative estimate of drug-likeness (QED) is 0.750. The molecule has 1 saturated heterocycles. The average molecular weight is 217 g/mol. The molecule has 0 aromatic rings. The fourth-order valence-electron chi connectivity index (χ4n) is 1.72. The van der Waals surface area contributed by atoms with Crippen LogP contribution in [0, 0.1) is 0 Å². The standard InChI is InChI=1S/C10H19NO2S/c1-14-10(3-4-10)7-11-6-9-2-5-12-8-13-9/h9,11H,2-8H2,1H3. The lowest BCUT2D eigenvalue weighted by Crippen LogP contribution is -2.37. The van der Waals surface area contributed by atoms with Crippen LogP contribution in [-0.4, -0.2) is 43.6 Å². The Morgan fingerprint density at radius 3 is 2.93 bits per heavy atom. The zero-order valence-corrected chi connectivity index (χ0v) is 9.57. The van der Waals surface area contributed by atoms with Gasteiger partial charge in [-0.25, -0.2) is 0 Å². The van der Waals surface area contributed by atoms with Crippen LogP contribution in [0.1, 0.15) is 19.3 Å². The molecule has 3 nitrogen and oxygen atoms in total. The molecule has 1 atom stereocenters. The van der Waals surface area contributed by atoms with Gasteiger partial charge in [-0.05, 0) is 25.5 Å². The fraction of sp³-hybridized carbons (Fsp3) is 1.00. The summed E-state index contributed by atoms with van der Waals surface area (Å²) in [7, 11) is 0. The van der Waals surface area contributed by atoms with Crippen molar-refractivity contribution in [2.24, 2.45) is 0 Å². The van der Waals surface area contributed by atoms with Gasteiger partial charge in [0.25, 0.3) is 0 Å². The maximum atomic E-state index is 5.46. The number of hydrogen-bond donors (Lipinski definition) is 1. The van der Waals surface area contributed by atoms with E-state index in [2.05, 4.69) is 11.6 Å². The fourth-order valence-corrected chi connectivity index (χ4v) is 2.47. The molecule has 1 N–H and O–H groups in total. The number of thioether (sulfide) groups is 1. The largest absolute Gasteiger partial charge is 0.355 e. The Labute approximate surface area is 89.9 Å². The van der Waals surface area contributed by atoms with Crippen LogP contribution in [0.4, 0.5) is 0 Å². The van der Waals surface area contributed by atoms with Gasteiger partial charge in [-0.1, -0.05) is 0 Å². The maximum Gasteiger partial charge on any atom is 0.147 e. The molecule has 0 aromatic heterocycles. The van der Waals surface area contributed by atoms with Crippen molar-refractivity contribution in [2.45, 2.75) is 30.1 Å². The molecule has 0 bridgehead atoms. The topological polar surface area (TPSA) is 30.5 Å². The van der Waals surface area contributed by atoms with Gasteiger partial charge < -0.3 is 14.8 Å². The van der Waals surface area contributed by atoms with E-state index in [1.165, 1.54) is 12.8 Å². The predicted molar refractivity (Wildman–Crippen MR) is 58.7 cm³/mol. The average Bonchev–Trinajstić information content (AvgIpc) is 3.00. The second-order valence-corrected chi connectivity index (χ2v) is 5.40. The van der Waals surface area contributed by atoms with Gasteiger partial charge in [-0.15, -0.1) is 0 Å². The van der Waals surface area contributed by atoms with Crippen LogP contribution in [0.2, 0.25) is 0 Å².